The predicted octanol–water partition coefficient (Wildman–Crippen LogP) is 3.09. The van der Waals surface area contributed by atoms with E-state index < -0.39 is 0 Å². The van der Waals surface area contributed by atoms with Crippen molar-refractivity contribution in [2.24, 2.45) is 0 Å². The van der Waals surface area contributed by atoms with E-state index in [4.69, 9.17) is 0 Å². The van der Waals surface area contributed by atoms with Gasteiger partial charge in [-0.15, -0.1) is 0 Å². The normalized spacial score (nSPS) is 10.8. The molecule has 0 aliphatic rings. The van der Waals surface area contributed by atoms with Crippen LogP contribution in [0.3, 0.4) is 0 Å². The summed E-state index contributed by atoms with van der Waals surface area (Å²) in [7, 11) is 3.46. The Hall–Kier alpha value is -3.74. The largest absolute Gasteiger partial charge is 0.347 e. The van der Waals surface area contributed by atoms with Gasteiger partial charge in [0.15, 0.2) is 5.82 Å². The van der Waals surface area contributed by atoms with E-state index >= 15 is 0 Å². The van der Waals surface area contributed by atoms with Crippen molar-refractivity contribution in [2.75, 3.05) is 14.1 Å². The second kappa shape index (κ2) is 7.48. The maximum atomic E-state index is 11.9. The molecule has 3 heterocycles. The number of hydrogen-bond acceptors (Lipinski definition) is 4. The average molecular weight is 372 g/mol. The van der Waals surface area contributed by atoms with Crippen molar-refractivity contribution in [1.29, 1.82) is 0 Å². The molecule has 4 aromatic rings. The molecular weight excluding hydrogens is 352 g/mol. The Morgan fingerprint density at radius 3 is 2.64 bits per heavy atom. The number of amides is 1. The van der Waals surface area contributed by atoms with Gasteiger partial charge in [0.25, 0.3) is 0 Å². The molecule has 7 heteroatoms. The zero-order valence-electron chi connectivity index (χ0n) is 15.7. The maximum absolute atomic E-state index is 11.9. The average Bonchev–Trinajstić information content (AvgIpc) is 3.39. The van der Waals surface area contributed by atoms with Crippen LogP contribution in [0.4, 0.5) is 0 Å². The van der Waals surface area contributed by atoms with Crippen LogP contribution in [0.25, 0.3) is 33.9 Å². The quantitative estimate of drug-likeness (QED) is 0.584. The van der Waals surface area contributed by atoms with Gasteiger partial charge in [-0.1, -0.05) is 30.3 Å². The summed E-state index contributed by atoms with van der Waals surface area (Å²) in [6, 6.07) is 13.9. The van der Waals surface area contributed by atoms with Crippen LogP contribution in [0.15, 0.2) is 67.3 Å². The van der Waals surface area contributed by atoms with Crippen LogP contribution in [0, 0.1) is 0 Å². The summed E-state index contributed by atoms with van der Waals surface area (Å²) in [5, 5.41) is 4.29. The molecule has 0 unspecified atom stereocenters. The molecule has 0 fully saturated rings. The maximum Gasteiger partial charge on any atom is 0.243 e. The monoisotopic (exact) mass is 372 g/mol. The fourth-order valence-corrected chi connectivity index (χ4v) is 2.83. The number of pyridine rings is 1. The van der Waals surface area contributed by atoms with Gasteiger partial charge in [0.2, 0.25) is 5.91 Å². The highest BCUT2D eigenvalue weighted by molar-refractivity contribution is 5.75. The number of nitrogens with zero attached hydrogens (tertiary/aromatic N) is 5. The van der Waals surface area contributed by atoms with E-state index in [0.717, 1.165) is 28.1 Å². The molecule has 1 amide bonds. The van der Waals surface area contributed by atoms with Gasteiger partial charge in [-0.3, -0.25) is 14.5 Å². The van der Waals surface area contributed by atoms with Crippen molar-refractivity contribution in [3.05, 3.63) is 67.3 Å². The van der Waals surface area contributed by atoms with Gasteiger partial charge in [-0.05, 0) is 23.3 Å². The van der Waals surface area contributed by atoms with Crippen molar-refractivity contribution in [1.82, 2.24) is 29.6 Å². The highest BCUT2D eigenvalue weighted by Crippen LogP contribution is 2.25. The number of aromatic amines is 1. The summed E-state index contributed by atoms with van der Waals surface area (Å²) in [5.41, 5.74) is 4.65. The first kappa shape index (κ1) is 17.7. The van der Waals surface area contributed by atoms with E-state index in [9.17, 15) is 4.79 Å². The third-order valence-corrected chi connectivity index (χ3v) is 4.43. The van der Waals surface area contributed by atoms with Crippen LogP contribution >= 0.6 is 0 Å². The van der Waals surface area contributed by atoms with Gasteiger partial charge in [0.05, 0.1) is 18.1 Å². The number of imidazole rings is 1. The van der Waals surface area contributed by atoms with Crippen molar-refractivity contribution in [2.45, 2.75) is 6.54 Å². The Balaban J connectivity index is 1.58. The summed E-state index contributed by atoms with van der Waals surface area (Å²) >= 11 is 0. The van der Waals surface area contributed by atoms with Crippen molar-refractivity contribution >= 4 is 5.91 Å². The molecule has 7 nitrogen and oxygen atoms in total. The van der Waals surface area contributed by atoms with Gasteiger partial charge < -0.3 is 9.88 Å². The number of nitrogens with one attached hydrogen (secondary N) is 1. The van der Waals surface area contributed by atoms with Crippen molar-refractivity contribution in [3.63, 3.8) is 0 Å². The molecule has 140 valence electrons. The van der Waals surface area contributed by atoms with E-state index in [1.807, 2.05) is 54.9 Å². The van der Waals surface area contributed by atoms with Crippen LogP contribution < -0.4 is 0 Å². The van der Waals surface area contributed by atoms with Crippen LogP contribution in [-0.2, 0) is 11.3 Å². The van der Waals surface area contributed by atoms with Crippen molar-refractivity contribution in [3.8, 4) is 33.9 Å². The third kappa shape index (κ3) is 3.68. The second-order valence-electron chi connectivity index (χ2n) is 6.66. The van der Waals surface area contributed by atoms with Crippen LogP contribution in [0.2, 0.25) is 0 Å². The molecule has 3 aromatic heterocycles. The molecule has 0 aliphatic carbocycles. The SMILES string of the molecule is CN(C)C(=O)Cn1cc(-c2ccnc(-c3ncc(-c4ccccc4)[nH]3)c2)cn1. The molecule has 0 saturated carbocycles. The fraction of sp³-hybridized carbons (Fsp3) is 0.143. The lowest BCUT2D eigenvalue weighted by Gasteiger charge is -2.09. The third-order valence-electron chi connectivity index (χ3n) is 4.43. The number of carbonyl (C=O) groups is 1. The Morgan fingerprint density at radius 2 is 1.86 bits per heavy atom. The minimum Gasteiger partial charge on any atom is -0.347 e. The van der Waals surface area contributed by atoms with E-state index in [0.29, 0.717) is 5.82 Å². The Labute approximate surface area is 162 Å². The molecule has 0 bridgehead atoms. The molecule has 0 atom stereocenters. The number of likely N-dealkylation sites (N-methyl/N-ethyl adjacent to an activating group) is 1. The molecule has 4 rings (SSSR count). The molecule has 0 radical (unpaired) electrons. The number of aromatic nitrogens is 5. The Bertz CT molecular complexity index is 1100. The first-order chi connectivity index (χ1) is 13.6. The van der Waals surface area contributed by atoms with Gasteiger partial charge in [-0.25, -0.2) is 4.98 Å². The Morgan fingerprint density at radius 1 is 1.04 bits per heavy atom. The number of rotatable bonds is 5. The van der Waals surface area contributed by atoms with E-state index in [-0.39, 0.29) is 12.5 Å². The topological polar surface area (TPSA) is 79.7 Å². The molecule has 1 aromatic carbocycles. The summed E-state index contributed by atoms with van der Waals surface area (Å²) in [6.45, 7) is 0.212. The minimum absolute atomic E-state index is 0.00547. The highest BCUT2D eigenvalue weighted by atomic mass is 16.2. The first-order valence-electron chi connectivity index (χ1n) is 8.90. The molecule has 0 spiro atoms. The van der Waals surface area contributed by atoms with Crippen molar-refractivity contribution < 1.29 is 4.79 Å². The van der Waals surface area contributed by atoms with E-state index in [2.05, 4.69) is 20.1 Å². The smallest absolute Gasteiger partial charge is 0.243 e. The standard InChI is InChI=1S/C21H20N6O/c1-26(2)20(28)14-27-13-17(11-24-27)16-8-9-22-18(10-16)21-23-12-19(25-21)15-6-4-3-5-7-15/h3-13H,14H2,1-2H3,(H,23,25). The summed E-state index contributed by atoms with van der Waals surface area (Å²) < 4.78 is 1.64. The van der Waals surface area contributed by atoms with Gasteiger partial charge in [0.1, 0.15) is 12.2 Å². The highest BCUT2D eigenvalue weighted by Gasteiger charge is 2.11. The minimum atomic E-state index is -0.00547. The second-order valence-corrected chi connectivity index (χ2v) is 6.66. The van der Waals surface area contributed by atoms with Gasteiger partial charge >= 0.3 is 0 Å². The summed E-state index contributed by atoms with van der Waals surface area (Å²) in [6.07, 6.45) is 7.17. The van der Waals surface area contributed by atoms with E-state index in [1.165, 1.54) is 0 Å². The molecule has 0 saturated heterocycles. The zero-order chi connectivity index (χ0) is 19.5. The summed E-state index contributed by atoms with van der Waals surface area (Å²) in [4.78, 5) is 25.6. The molecular formula is C21H20N6O. The molecule has 0 aliphatic heterocycles. The van der Waals surface area contributed by atoms with Gasteiger partial charge in [-0.2, -0.15) is 5.10 Å². The number of carbonyl (C=O) groups excluding carboxylic acids is 1. The lowest BCUT2D eigenvalue weighted by molar-refractivity contribution is -0.129. The number of benzene rings is 1. The van der Waals surface area contributed by atoms with Crippen LogP contribution in [0.1, 0.15) is 0 Å². The molecule has 28 heavy (non-hydrogen) atoms. The van der Waals surface area contributed by atoms with Crippen LogP contribution in [0.5, 0.6) is 0 Å². The van der Waals surface area contributed by atoms with Crippen LogP contribution in [-0.4, -0.2) is 49.6 Å². The number of hydrogen-bond donors (Lipinski definition) is 1. The molecule has 1 N–H and O–H groups in total. The zero-order valence-corrected chi connectivity index (χ0v) is 15.7. The van der Waals surface area contributed by atoms with Gasteiger partial charge in [0, 0.05) is 32.1 Å². The lowest BCUT2D eigenvalue weighted by atomic mass is 10.1. The summed E-state index contributed by atoms with van der Waals surface area (Å²) in [5.74, 6) is 0.699. The first-order valence-corrected chi connectivity index (χ1v) is 8.90. The number of H-pyrrole nitrogens is 1. The fourth-order valence-electron chi connectivity index (χ4n) is 2.83. The lowest BCUT2D eigenvalue weighted by Crippen LogP contribution is -2.26. The Kier molecular flexibility index (Phi) is 4.72. The predicted molar refractivity (Wildman–Crippen MR) is 107 cm³/mol. The van der Waals surface area contributed by atoms with E-state index in [1.54, 1.807) is 36.1 Å².